The molecule has 0 spiro atoms. The largest absolute Gasteiger partial charge is 0.354 e. The number of rotatable bonds is 2. The topological polar surface area (TPSA) is 44.4 Å². The van der Waals surface area contributed by atoms with Crippen LogP contribution >= 0.6 is 0 Å². The lowest BCUT2D eigenvalue weighted by molar-refractivity contribution is -0.119. The van der Waals surface area contributed by atoms with Crippen molar-refractivity contribution in [2.45, 2.75) is 50.2 Å². The normalized spacial score (nSPS) is 39.8. The van der Waals surface area contributed by atoms with Gasteiger partial charge >= 0.3 is 0 Å². The number of nitrogens with zero attached hydrogens (tertiary/aromatic N) is 1. The number of amides is 1. The van der Waals surface area contributed by atoms with E-state index in [2.05, 4.69) is 15.5 Å². The van der Waals surface area contributed by atoms with Crippen molar-refractivity contribution < 1.29 is 4.79 Å². The van der Waals surface area contributed by atoms with Crippen LogP contribution in [0.25, 0.3) is 0 Å². The number of nitrogens with one attached hydrogen (secondary N) is 2. The molecule has 4 nitrogen and oxygen atoms in total. The molecule has 0 bridgehead atoms. The van der Waals surface area contributed by atoms with Crippen molar-refractivity contribution in [3.8, 4) is 0 Å². The summed E-state index contributed by atoms with van der Waals surface area (Å²) in [5, 5.41) is 6.54. The maximum absolute atomic E-state index is 11.1. The summed E-state index contributed by atoms with van der Waals surface area (Å²) in [5.74, 6) is 0.204. The highest BCUT2D eigenvalue weighted by Gasteiger charge is 2.33. The maximum atomic E-state index is 11.1. The minimum Gasteiger partial charge on any atom is -0.354 e. The fourth-order valence-electron chi connectivity index (χ4n) is 3.43. The minimum absolute atomic E-state index is 0.204. The first-order valence-electron chi connectivity index (χ1n) is 6.58. The van der Waals surface area contributed by atoms with Crippen molar-refractivity contribution in [3.63, 3.8) is 0 Å². The van der Waals surface area contributed by atoms with Crippen molar-refractivity contribution in [2.24, 2.45) is 0 Å². The third kappa shape index (κ3) is 2.09. The first kappa shape index (κ1) is 10.5. The number of hydrogen-bond acceptors (Lipinski definition) is 3. The van der Waals surface area contributed by atoms with E-state index in [1.807, 2.05) is 0 Å². The monoisotopic (exact) mass is 223 g/mol. The Bertz CT molecular complexity index is 281. The van der Waals surface area contributed by atoms with Crippen LogP contribution in [0.1, 0.15) is 32.1 Å². The zero-order valence-electron chi connectivity index (χ0n) is 9.74. The minimum atomic E-state index is 0.204. The Hall–Kier alpha value is -0.610. The van der Waals surface area contributed by atoms with Crippen molar-refractivity contribution in [2.75, 3.05) is 19.6 Å². The lowest BCUT2D eigenvalue weighted by Crippen LogP contribution is -2.49. The summed E-state index contributed by atoms with van der Waals surface area (Å²) in [6, 6.07) is 1.83. The molecule has 0 saturated carbocycles. The molecule has 3 aliphatic rings. The quantitative estimate of drug-likeness (QED) is 0.697. The van der Waals surface area contributed by atoms with Crippen LogP contribution in [0.15, 0.2) is 0 Å². The zero-order valence-corrected chi connectivity index (χ0v) is 9.74. The molecule has 1 amide bonds. The fourth-order valence-corrected chi connectivity index (χ4v) is 3.43. The fraction of sp³-hybridized carbons (Fsp3) is 0.917. The second kappa shape index (κ2) is 4.34. The molecular formula is C12H21N3O. The van der Waals surface area contributed by atoms with Gasteiger partial charge in [0.05, 0.1) is 0 Å². The summed E-state index contributed by atoms with van der Waals surface area (Å²) >= 11 is 0. The molecule has 3 saturated heterocycles. The van der Waals surface area contributed by atoms with E-state index in [9.17, 15) is 4.79 Å². The molecule has 3 heterocycles. The van der Waals surface area contributed by atoms with Crippen LogP contribution in [0.3, 0.4) is 0 Å². The molecule has 0 aromatic carbocycles. The van der Waals surface area contributed by atoms with Gasteiger partial charge in [-0.2, -0.15) is 0 Å². The molecule has 3 fully saturated rings. The second-order valence-corrected chi connectivity index (χ2v) is 5.43. The third-order valence-corrected chi connectivity index (χ3v) is 4.27. The molecule has 3 rings (SSSR count). The molecule has 3 aliphatic heterocycles. The lowest BCUT2D eigenvalue weighted by atomic mass is 9.97. The molecule has 0 radical (unpaired) electrons. The first-order valence-corrected chi connectivity index (χ1v) is 6.58. The summed E-state index contributed by atoms with van der Waals surface area (Å²) in [4.78, 5) is 13.8. The molecule has 3 unspecified atom stereocenters. The third-order valence-electron chi connectivity index (χ3n) is 4.27. The van der Waals surface area contributed by atoms with Gasteiger partial charge < -0.3 is 15.5 Å². The van der Waals surface area contributed by atoms with E-state index in [4.69, 9.17) is 0 Å². The van der Waals surface area contributed by atoms with Gasteiger partial charge in [0.25, 0.3) is 0 Å². The van der Waals surface area contributed by atoms with E-state index in [1.54, 1.807) is 0 Å². The summed E-state index contributed by atoms with van der Waals surface area (Å²) in [5.41, 5.74) is 0. The summed E-state index contributed by atoms with van der Waals surface area (Å²) in [6.07, 6.45) is 5.96. The highest BCUT2D eigenvalue weighted by molar-refractivity contribution is 5.78. The SMILES string of the molecule is O=C1CC(NC2CCN3CCCC3C2)CN1. The van der Waals surface area contributed by atoms with Crippen LogP contribution in [0, 0.1) is 0 Å². The van der Waals surface area contributed by atoms with Gasteiger partial charge in [-0.05, 0) is 38.8 Å². The predicted molar refractivity (Wildman–Crippen MR) is 62.2 cm³/mol. The Morgan fingerprint density at radius 2 is 2.19 bits per heavy atom. The Labute approximate surface area is 96.8 Å². The zero-order chi connectivity index (χ0) is 11.0. The Kier molecular flexibility index (Phi) is 2.86. The summed E-state index contributed by atoms with van der Waals surface area (Å²) in [6.45, 7) is 3.38. The maximum Gasteiger partial charge on any atom is 0.221 e. The Morgan fingerprint density at radius 3 is 3.00 bits per heavy atom. The van der Waals surface area contributed by atoms with Crippen LogP contribution in [-0.4, -0.2) is 48.6 Å². The first-order chi connectivity index (χ1) is 7.81. The standard InChI is InChI=1S/C12H21N3O/c16-12-7-10(8-13-12)14-9-3-5-15-4-1-2-11(15)6-9/h9-11,14H,1-8H2,(H,13,16). The van der Waals surface area contributed by atoms with E-state index in [-0.39, 0.29) is 5.91 Å². The van der Waals surface area contributed by atoms with E-state index in [1.165, 1.54) is 38.8 Å². The van der Waals surface area contributed by atoms with Gasteiger partial charge in [0.15, 0.2) is 0 Å². The van der Waals surface area contributed by atoms with Gasteiger partial charge in [0.1, 0.15) is 0 Å². The molecule has 3 atom stereocenters. The highest BCUT2D eigenvalue weighted by Crippen LogP contribution is 2.27. The lowest BCUT2D eigenvalue weighted by Gasteiger charge is -2.36. The van der Waals surface area contributed by atoms with Crippen molar-refractivity contribution in [3.05, 3.63) is 0 Å². The van der Waals surface area contributed by atoms with Crippen LogP contribution in [0.2, 0.25) is 0 Å². The van der Waals surface area contributed by atoms with Gasteiger partial charge in [-0.25, -0.2) is 0 Å². The Morgan fingerprint density at radius 1 is 1.25 bits per heavy atom. The molecular weight excluding hydrogens is 202 g/mol. The number of piperidine rings is 1. The van der Waals surface area contributed by atoms with Crippen molar-refractivity contribution >= 4 is 5.91 Å². The number of carbonyl (C=O) groups is 1. The summed E-state index contributed by atoms with van der Waals surface area (Å²) < 4.78 is 0. The van der Waals surface area contributed by atoms with E-state index in [0.29, 0.717) is 18.5 Å². The van der Waals surface area contributed by atoms with E-state index < -0.39 is 0 Å². The molecule has 2 N–H and O–H groups in total. The average molecular weight is 223 g/mol. The van der Waals surface area contributed by atoms with Gasteiger partial charge in [-0.1, -0.05) is 0 Å². The second-order valence-electron chi connectivity index (χ2n) is 5.43. The van der Waals surface area contributed by atoms with Crippen LogP contribution < -0.4 is 10.6 Å². The molecule has 90 valence electrons. The van der Waals surface area contributed by atoms with Crippen molar-refractivity contribution in [1.29, 1.82) is 0 Å². The van der Waals surface area contributed by atoms with Gasteiger partial charge in [0.2, 0.25) is 5.91 Å². The Balaban J connectivity index is 1.50. The molecule has 4 heteroatoms. The molecule has 0 aliphatic carbocycles. The molecule has 0 aromatic rings. The van der Waals surface area contributed by atoms with Gasteiger partial charge in [-0.3, -0.25) is 4.79 Å². The number of hydrogen-bond donors (Lipinski definition) is 2. The van der Waals surface area contributed by atoms with Crippen LogP contribution in [0.4, 0.5) is 0 Å². The van der Waals surface area contributed by atoms with Gasteiger partial charge in [0, 0.05) is 31.1 Å². The average Bonchev–Trinajstić information content (AvgIpc) is 2.87. The number of carbonyl (C=O) groups excluding carboxylic acids is 1. The number of fused-ring (bicyclic) bond motifs is 1. The van der Waals surface area contributed by atoms with Crippen molar-refractivity contribution in [1.82, 2.24) is 15.5 Å². The smallest absolute Gasteiger partial charge is 0.221 e. The highest BCUT2D eigenvalue weighted by atomic mass is 16.1. The molecule has 16 heavy (non-hydrogen) atoms. The predicted octanol–water partition coefficient (Wildman–Crippen LogP) is 0.0913. The van der Waals surface area contributed by atoms with E-state index in [0.717, 1.165) is 12.6 Å². The van der Waals surface area contributed by atoms with Crippen LogP contribution in [-0.2, 0) is 4.79 Å². The van der Waals surface area contributed by atoms with E-state index >= 15 is 0 Å². The van der Waals surface area contributed by atoms with Gasteiger partial charge in [-0.15, -0.1) is 0 Å². The molecule has 0 aromatic heterocycles. The van der Waals surface area contributed by atoms with Crippen LogP contribution in [0.5, 0.6) is 0 Å². The summed E-state index contributed by atoms with van der Waals surface area (Å²) in [7, 11) is 0.